The molecular weight excluding hydrogens is 188 g/mol. The van der Waals surface area contributed by atoms with Crippen molar-refractivity contribution in [3.05, 3.63) is 47.5 Å². The van der Waals surface area contributed by atoms with Crippen LogP contribution in [0, 0.1) is 0 Å². The maximum Gasteiger partial charge on any atom is 0.138 e. The Kier molecular flexibility index (Phi) is 1.94. The molecule has 1 aromatic rings. The van der Waals surface area contributed by atoms with E-state index in [2.05, 4.69) is 18.2 Å². The lowest BCUT2D eigenvalue weighted by Crippen LogP contribution is -2.39. The molecule has 2 nitrogen and oxygen atoms in total. The minimum atomic E-state index is -0.561. The molecule has 2 heteroatoms. The van der Waals surface area contributed by atoms with E-state index in [0.717, 1.165) is 18.4 Å². The maximum atomic E-state index is 10.1. The average Bonchev–Trinajstić information content (AvgIpc) is 2.64. The molecule has 0 saturated carbocycles. The predicted octanol–water partition coefficient (Wildman–Crippen LogP) is 2.12. The van der Waals surface area contributed by atoms with Crippen molar-refractivity contribution in [1.82, 2.24) is 0 Å². The molecule has 78 valence electrons. The Balaban J connectivity index is 2.15. The zero-order valence-corrected chi connectivity index (χ0v) is 8.52. The van der Waals surface area contributed by atoms with Crippen LogP contribution < -0.4 is 0 Å². The second-order valence-corrected chi connectivity index (χ2v) is 4.23. The second kappa shape index (κ2) is 3.19. The fourth-order valence-electron chi connectivity index (χ4n) is 2.55. The van der Waals surface area contributed by atoms with Gasteiger partial charge in [0.15, 0.2) is 0 Å². The van der Waals surface area contributed by atoms with E-state index in [1.165, 1.54) is 5.56 Å². The van der Waals surface area contributed by atoms with Crippen LogP contribution in [0.3, 0.4) is 0 Å². The summed E-state index contributed by atoms with van der Waals surface area (Å²) in [6.45, 7) is 0.609. The first-order chi connectivity index (χ1) is 7.33. The van der Waals surface area contributed by atoms with Crippen LogP contribution in [0.4, 0.5) is 0 Å². The van der Waals surface area contributed by atoms with Crippen LogP contribution in [0.1, 0.15) is 24.0 Å². The fraction of sp³-hybridized carbons (Fsp3) is 0.385. The summed E-state index contributed by atoms with van der Waals surface area (Å²) >= 11 is 0. The smallest absolute Gasteiger partial charge is 0.138 e. The Morgan fingerprint density at radius 2 is 2.20 bits per heavy atom. The molecule has 1 aliphatic carbocycles. The third kappa shape index (κ3) is 1.18. The van der Waals surface area contributed by atoms with Gasteiger partial charge in [-0.3, -0.25) is 0 Å². The summed E-state index contributed by atoms with van der Waals surface area (Å²) < 4.78 is 5.83. The highest BCUT2D eigenvalue weighted by Gasteiger charge is 2.44. The number of ether oxygens (including phenoxy) is 1. The van der Waals surface area contributed by atoms with Gasteiger partial charge in [0.25, 0.3) is 0 Å². The monoisotopic (exact) mass is 202 g/mol. The Morgan fingerprint density at radius 1 is 1.33 bits per heavy atom. The number of hydrogen-bond acceptors (Lipinski definition) is 2. The van der Waals surface area contributed by atoms with Crippen LogP contribution in [0.25, 0.3) is 0 Å². The van der Waals surface area contributed by atoms with Gasteiger partial charge in [-0.15, -0.1) is 0 Å². The van der Waals surface area contributed by atoms with Crippen molar-refractivity contribution in [3.63, 3.8) is 0 Å². The van der Waals surface area contributed by atoms with Crippen molar-refractivity contribution in [2.75, 3.05) is 0 Å². The number of aliphatic hydroxyl groups excluding tert-OH is 1. The second-order valence-electron chi connectivity index (χ2n) is 4.23. The van der Waals surface area contributed by atoms with E-state index >= 15 is 0 Å². The van der Waals surface area contributed by atoms with E-state index in [9.17, 15) is 5.11 Å². The molecule has 1 aliphatic heterocycles. The zero-order chi connectivity index (χ0) is 10.3. The summed E-state index contributed by atoms with van der Waals surface area (Å²) in [7, 11) is 0. The lowest BCUT2D eigenvalue weighted by Gasteiger charge is -2.34. The summed E-state index contributed by atoms with van der Waals surface area (Å²) in [6, 6.07) is 8.14. The predicted molar refractivity (Wildman–Crippen MR) is 57.3 cm³/mol. The largest absolute Gasteiger partial charge is 0.389 e. The number of allylic oxidation sites excluding steroid dienone is 1. The van der Waals surface area contributed by atoms with E-state index in [0.29, 0.717) is 6.61 Å². The Hall–Kier alpha value is -1.12. The maximum absolute atomic E-state index is 10.1. The number of hydrogen-bond donors (Lipinski definition) is 1. The van der Waals surface area contributed by atoms with E-state index in [1.54, 1.807) is 0 Å². The number of rotatable bonds is 0. The lowest BCUT2D eigenvalue weighted by molar-refractivity contribution is -0.0940. The van der Waals surface area contributed by atoms with Gasteiger partial charge in [0, 0.05) is 0 Å². The van der Waals surface area contributed by atoms with Gasteiger partial charge in [-0.1, -0.05) is 30.3 Å². The third-order valence-electron chi connectivity index (χ3n) is 3.37. The van der Waals surface area contributed by atoms with Crippen LogP contribution in [0.2, 0.25) is 0 Å². The molecule has 1 spiro atoms. The Labute approximate surface area is 89.2 Å². The minimum absolute atomic E-state index is 0.411. The van der Waals surface area contributed by atoms with Crippen LogP contribution >= 0.6 is 0 Å². The minimum Gasteiger partial charge on any atom is -0.389 e. The third-order valence-corrected chi connectivity index (χ3v) is 3.37. The van der Waals surface area contributed by atoms with Crippen LogP contribution in [-0.4, -0.2) is 11.2 Å². The van der Waals surface area contributed by atoms with E-state index in [-0.39, 0.29) is 0 Å². The van der Waals surface area contributed by atoms with Gasteiger partial charge < -0.3 is 9.84 Å². The highest BCUT2D eigenvalue weighted by Crippen LogP contribution is 2.43. The number of benzene rings is 1. The molecule has 0 bridgehead atoms. The van der Waals surface area contributed by atoms with Gasteiger partial charge in [-0.2, -0.15) is 0 Å². The highest BCUT2D eigenvalue weighted by molar-refractivity contribution is 5.40. The van der Waals surface area contributed by atoms with E-state index in [1.807, 2.05) is 18.2 Å². The quantitative estimate of drug-likeness (QED) is 0.653. The standard InChI is InChI=1S/C13H14O2/c14-12-7-3-4-8-13(12)11-6-2-1-5-10(11)9-15-13/h1-2,4-6,8,12,14H,3,7,9H2. The first-order valence-corrected chi connectivity index (χ1v) is 5.41. The first kappa shape index (κ1) is 9.13. The molecule has 0 radical (unpaired) electrons. The molecule has 0 fully saturated rings. The molecule has 0 aromatic heterocycles. The summed E-state index contributed by atoms with van der Waals surface area (Å²) in [5.41, 5.74) is 1.77. The Morgan fingerprint density at radius 3 is 3.07 bits per heavy atom. The molecule has 1 heterocycles. The summed E-state index contributed by atoms with van der Waals surface area (Å²) in [5.74, 6) is 0. The average molecular weight is 202 g/mol. The van der Waals surface area contributed by atoms with Crippen molar-refractivity contribution >= 4 is 0 Å². The van der Waals surface area contributed by atoms with Crippen molar-refractivity contribution in [2.24, 2.45) is 0 Å². The molecule has 2 unspecified atom stereocenters. The van der Waals surface area contributed by atoms with Gasteiger partial charge >= 0.3 is 0 Å². The van der Waals surface area contributed by atoms with Crippen molar-refractivity contribution in [3.8, 4) is 0 Å². The van der Waals surface area contributed by atoms with Crippen LogP contribution in [-0.2, 0) is 16.9 Å². The summed E-state index contributed by atoms with van der Waals surface area (Å²) in [6.07, 6.45) is 5.44. The van der Waals surface area contributed by atoms with Gasteiger partial charge in [0.2, 0.25) is 0 Å². The van der Waals surface area contributed by atoms with Crippen LogP contribution in [0.5, 0.6) is 0 Å². The molecular formula is C13H14O2. The SMILES string of the molecule is OC1CCC=CC12OCc1ccccc12. The highest BCUT2D eigenvalue weighted by atomic mass is 16.5. The molecule has 0 saturated heterocycles. The van der Waals surface area contributed by atoms with E-state index in [4.69, 9.17) is 4.74 Å². The van der Waals surface area contributed by atoms with Gasteiger partial charge in [-0.25, -0.2) is 0 Å². The zero-order valence-electron chi connectivity index (χ0n) is 8.52. The van der Waals surface area contributed by atoms with Crippen molar-refractivity contribution in [2.45, 2.75) is 31.2 Å². The van der Waals surface area contributed by atoms with Crippen molar-refractivity contribution in [1.29, 1.82) is 0 Å². The molecule has 0 amide bonds. The molecule has 3 rings (SSSR count). The van der Waals surface area contributed by atoms with Gasteiger partial charge in [0.1, 0.15) is 5.60 Å². The van der Waals surface area contributed by atoms with E-state index < -0.39 is 11.7 Å². The molecule has 15 heavy (non-hydrogen) atoms. The fourth-order valence-corrected chi connectivity index (χ4v) is 2.55. The van der Waals surface area contributed by atoms with Gasteiger partial charge in [-0.05, 0) is 30.0 Å². The van der Waals surface area contributed by atoms with Crippen molar-refractivity contribution < 1.29 is 9.84 Å². The summed E-state index contributed by atoms with van der Waals surface area (Å²) in [4.78, 5) is 0. The topological polar surface area (TPSA) is 29.5 Å². The molecule has 1 N–H and O–H groups in total. The molecule has 1 aromatic carbocycles. The first-order valence-electron chi connectivity index (χ1n) is 5.41. The number of fused-ring (bicyclic) bond motifs is 2. The normalized spacial score (nSPS) is 33.3. The number of aliphatic hydroxyl groups is 1. The Bertz CT molecular complexity index is 411. The summed E-state index contributed by atoms with van der Waals surface area (Å²) in [5, 5.41) is 10.1. The molecule has 2 atom stereocenters. The van der Waals surface area contributed by atoms with Gasteiger partial charge in [0.05, 0.1) is 12.7 Å². The van der Waals surface area contributed by atoms with Crippen LogP contribution in [0.15, 0.2) is 36.4 Å². The molecule has 2 aliphatic rings. The lowest BCUT2D eigenvalue weighted by atomic mass is 9.82.